The molecule has 9 heteroatoms. The van der Waals surface area contributed by atoms with Crippen molar-refractivity contribution in [1.29, 1.82) is 0 Å². The summed E-state index contributed by atoms with van der Waals surface area (Å²) < 4.78 is 14.5. The molecule has 2 rings (SSSR count). The second-order valence-electron chi connectivity index (χ2n) is 5.72. The molecule has 1 aromatic heterocycles. The van der Waals surface area contributed by atoms with Gasteiger partial charge in [0.15, 0.2) is 0 Å². The number of hydrazine groups is 1. The van der Waals surface area contributed by atoms with Gasteiger partial charge in [-0.3, -0.25) is 25.2 Å². The molecule has 0 aliphatic heterocycles. The number of benzene rings is 1. The van der Waals surface area contributed by atoms with Gasteiger partial charge < -0.3 is 5.32 Å². The predicted octanol–water partition coefficient (Wildman–Crippen LogP) is 2.87. The molecule has 0 bridgehead atoms. The van der Waals surface area contributed by atoms with Gasteiger partial charge in [0.1, 0.15) is 11.9 Å². The second-order valence-corrected chi connectivity index (χ2v) is 8.19. The molecule has 138 valence electrons. The first-order chi connectivity index (χ1) is 12.3. The average Bonchev–Trinajstić information content (AvgIpc) is 3.03. The Balaban J connectivity index is 2.00. The van der Waals surface area contributed by atoms with Crippen LogP contribution in [0.4, 0.5) is 4.39 Å². The fourth-order valence-corrected chi connectivity index (χ4v) is 3.37. The van der Waals surface area contributed by atoms with Crippen molar-refractivity contribution in [2.75, 3.05) is 0 Å². The zero-order valence-electron chi connectivity index (χ0n) is 14.0. The van der Waals surface area contributed by atoms with E-state index in [9.17, 15) is 18.8 Å². The predicted molar refractivity (Wildman–Crippen MR) is 100 cm³/mol. The zero-order valence-corrected chi connectivity index (χ0v) is 16.4. The largest absolute Gasteiger partial charge is 0.340 e. The van der Waals surface area contributed by atoms with Crippen molar-refractivity contribution in [2.24, 2.45) is 5.92 Å². The van der Waals surface area contributed by atoms with E-state index >= 15 is 0 Å². The van der Waals surface area contributed by atoms with Crippen LogP contribution in [0.15, 0.2) is 40.2 Å². The van der Waals surface area contributed by atoms with E-state index in [-0.39, 0.29) is 11.5 Å². The van der Waals surface area contributed by atoms with E-state index in [1.165, 1.54) is 35.6 Å². The first-order valence-electron chi connectivity index (χ1n) is 7.70. The van der Waals surface area contributed by atoms with Gasteiger partial charge in [-0.2, -0.15) is 0 Å². The van der Waals surface area contributed by atoms with Gasteiger partial charge in [0, 0.05) is 0 Å². The molecule has 0 saturated heterocycles. The van der Waals surface area contributed by atoms with Gasteiger partial charge in [-0.1, -0.05) is 26.0 Å². The van der Waals surface area contributed by atoms with Crippen molar-refractivity contribution in [3.05, 3.63) is 56.4 Å². The fourth-order valence-electron chi connectivity index (χ4n) is 2.09. The highest BCUT2D eigenvalue weighted by atomic mass is 79.9. The lowest BCUT2D eigenvalue weighted by Gasteiger charge is -2.21. The zero-order chi connectivity index (χ0) is 19.3. The van der Waals surface area contributed by atoms with Gasteiger partial charge in [-0.05, 0) is 46.1 Å². The Morgan fingerprint density at radius 3 is 2.31 bits per heavy atom. The molecule has 0 aliphatic carbocycles. The minimum absolute atomic E-state index is 0.154. The fraction of sp³-hybridized carbons (Fsp3) is 0.235. The molecule has 1 heterocycles. The molecule has 1 aromatic carbocycles. The van der Waals surface area contributed by atoms with E-state index in [1.807, 2.05) is 0 Å². The smallest absolute Gasteiger partial charge is 0.279 e. The Kier molecular flexibility index (Phi) is 6.87. The van der Waals surface area contributed by atoms with Crippen LogP contribution < -0.4 is 16.2 Å². The number of hydrogen-bond acceptors (Lipinski definition) is 4. The lowest BCUT2D eigenvalue weighted by Crippen LogP contribution is -2.54. The van der Waals surface area contributed by atoms with E-state index in [2.05, 4.69) is 32.1 Å². The molecule has 6 nitrogen and oxygen atoms in total. The SMILES string of the molecule is CC(C)[C@H](NC(=O)c1ccccc1F)C(=O)NNC(=O)c1ccc(Br)s1. The molecule has 3 amide bonds. The molecule has 0 fully saturated rings. The second kappa shape index (κ2) is 8.91. The van der Waals surface area contributed by atoms with Crippen molar-refractivity contribution in [1.82, 2.24) is 16.2 Å². The van der Waals surface area contributed by atoms with Gasteiger partial charge in [0.2, 0.25) is 0 Å². The number of hydrogen-bond donors (Lipinski definition) is 3. The maximum absolute atomic E-state index is 13.7. The van der Waals surface area contributed by atoms with E-state index in [1.54, 1.807) is 26.0 Å². The lowest BCUT2D eigenvalue weighted by molar-refractivity contribution is -0.124. The topological polar surface area (TPSA) is 87.3 Å². The van der Waals surface area contributed by atoms with Crippen LogP contribution in [0.25, 0.3) is 0 Å². The van der Waals surface area contributed by atoms with Gasteiger partial charge in [-0.25, -0.2) is 4.39 Å². The number of halogens is 2. The summed E-state index contributed by atoms with van der Waals surface area (Å²) in [6.07, 6.45) is 0. The molecule has 2 aromatic rings. The van der Waals surface area contributed by atoms with Crippen LogP contribution >= 0.6 is 27.3 Å². The summed E-state index contributed by atoms with van der Waals surface area (Å²) in [4.78, 5) is 36.9. The molecule has 1 atom stereocenters. The highest BCUT2D eigenvalue weighted by Gasteiger charge is 2.26. The molecule has 3 N–H and O–H groups in total. The number of amides is 3. The van der Waals surface area contributed by atoms with Crippen LogP contribution in [0.2, 0.25) is 0 Å². The maximum atomic E-state index is 13.7. The van der Waals surface area contributed by atoms with Crippen LogP contribution in [0, 0.1) is 11.7 Å². The van der Waals surface area contributed by atoms with E-state index in [0.29, 0.717) is 4.88 Å². The van der Waals surface area contributed by atoms with Crippen LogP contribution in [-0.2, 0) is 4.79 Å². The number of carbonyl (C=O) groups excluding carboxylic acids is 3. The molecular weight excluding hydrogens is 425 g/mol. The average molecular weight is 442 g/mol. The third-order valence-electron chi connectivity index (χ3n) is 3.45. The summed E-state index contributed by atoms with van der Waals surface area (Å²) in [6, 6.07) is 7.87. The Bertz CT molecular complexity index is 825. The first kappa shape index (κ1) is 20.1. The van der Waals surface area contributed by atoms with Crippen LogP contribution in [0.5, 0.6) is 0 Å². The molecule has 0 unspecified atom stereocenters. The summed E-state index contributed by atoms with van der Waals surface area (Å²) in [7, 11) is 0. The summed E-state index contributed by atoms with van der Waals surface area (Å²) in [6.45, 7) is 3.45. The summed E-state index contributed by atoms with van der Waals surface area (Å²) in [5.74, 6) is -2.74. The van der Waals surface area contributed by atoms with Gasteiger partial charge in [0.25, 0.3) is 17.7 Å². The summed E-state index contributed by atoms with van der Waals surface area (Å²) in [5, 5.41) is 2.49. The van der Waals surface area contributed by atoms with Crippen LogP contribution in [0.3, 0.4) is 0 Å². The third-order valence-corrected chi connectivity index (χ3v) is 5.07. The monoisotopic (exact) mass is 441 g/mol. The Hall–Kier alpha value is -2.26. The minimum Gasteiger partial charge on any atom is -0.340 e. The van der Waals surface area contributed by atoms with E-state index in [4.69, 9.17) is 0 Å². The van der Waals surface area contributed by atoms with Crippen LogP contribution in [-0.4, -0.2) is 23.8 Å². The highest BCUT2D eigenvalue weighted by molar-refractivity contribution is 9.11. The van der Waals surface area contributed by atoms with Crippen molar-refractivity contribution in [3.8, 4) is 0 Å². The maximum Gasteiger partial charge on any atom is 0.279 e. The van der Waals surface area contributed by atoms with Crippen molar-refractivity contribution in [3.63, 3.8) is 0 Å². The highest BCUT2D eigenvalue weighted by Crippen LogP contribution is 2.21. The van der Waals surface area contributed by atoms with Crippen LogP contribution in [0.1, 0.15) is 33.9 Å². The quantitative estimate of drug-likeness (QED) is 0.623. The normalized spacial score (nSPS) is 11.7. The Morgan fingerprint density at radius 2 is 1.73 bits per heavy atom. The van der Waals surface area contributed by atoms with E-state index < -0.39 is 29.6 Å². The third kappa shape index (κ3) is 5.12. The number of nitrogens with one attached hydrogen (secondary N) is 3. The van der Waals surface area contributed by atoms with Crippen molar-refractivity contribution in [2.45, 2.75) is 19.9 Å². The number of carbonyl (C=O) groups is 3. The van der Waals surface area contributed by atoms with Gasteiger partial charge in [0.05, 0.1) is 14.2 Å². The molecule has 0 saturated carbocycles. The summed E-state index contributed by atoms with van der Waals surface area (Å²) >= 11 is 4.46. The Morgan fingerprint density at radius 1 is 1.04 bits per heavy atom. The minimum atomic E-state index is -0.947. The van der Waals surface area contributed by atoms with Gasteiger partial charge in [-0.15, -0.1) is 11.3 Å². The number of rotatable bonds is 5. The molecule has 0 radical (unpaired) electrons. The molecule has 0 spiro atoms. The molecule has 26 heavy (non-hydrogen) atoms. The standard InChI is InChI=1S/C17H17BrFN3O3S/c1-9(2)14(20-15(23)10-5-3-4-6-11(10)19)17(25)22-21-16(24)12-7-8-13(18)26-12/h3-9,14H,1-2H3,(H,20,23)(H,21,24)(H,22,25)/t14-/m0/s1. The molecule has 0 aliphatic rings. The Labute approximate surface area is 162 Å². The summed E-state index contributed by atoms with van der Waals surface area (Å²) in [5.41, 5.74) is 4.43. The lowest BCUT2D eigenvalue weighted by atomic mass is 10.0. The number of thiophene rings is 1. The molecular formula is C17H17BrFN3O3S. The van der Waals surface area contributed by atoms with E-state index in [0.717, 1.165) is 3.79 Å². The first-order valence-corrected chi connectivity index (χ1v) is 9.31. The van der Waals surface area contributed by atoms with Gasteiger partial charge >= 0.3 is 0 Å². The van der Waals surface area contributed by atoms with Crippen molar-refractivity contribution >= 4 is 45.0 Å². The van der Waals surface area contributed by atoms with Crippen molar-refractivity contribution < 1.29 is 18.8 Å².